The van der Waals surface area contributed by atoms with E-state index < -0.39 is 0 Å². The second-order valence-electron chi connectivity index (χ2n) is 7.20. The zero-order chi connectivity index (χ0) is 17.2. The number of carbonyl (C=O) groups excluding carboxylic acids is 1. The number of carbonyl (C=O) groups is 1. The molecule has 0 saturated heterocycles. The number of hydrogen-bond donors (Lipinski definition) is 2. The highest BCUT2D eigenvalue weighted by molar-refractivity contribution is 5.83. The van der Waals surface area contributed by atoms with Crippen LogP contribution in [0.4, 0.5) is 0 Å². The minimum atomic E-state index is -0.356. The standard InChI is InChI=1S/C18H30N4O2/c1-4-24-15-10-14(18(15)8-6-5-7-9-18)21-17(23)16(19-2)13-11-20-22(3)12-13/h11-12,14-16,19H,4-10H2,1-3H3,(H,21,23). The summed E-state index contributed by atoms with van der Waals surface area (Å²) in [6.07, 6.45) is 11.0. The fourth-order valence-electron chi connectivity index (χ4n) is 4.56. The zero-order valence-corrected chi connectivity index (χ0v) is 15.0. The SMILES string of the molecule is CCOC1CC(NC(=O)C(NC)c2cnn(C)c2)C12CCCCC2. The first-order valence-electron chi connectivity index (χ1n) is 9.18. The molecule has 2 saturated carbocycles. The van der Waals surface area contributed by atoms with Crippen molar-refractivity contribution in [3.8, 4) is 0 Å². The van der Waals surface area contributed by atoms with Crippen LogP contribution in [0.15, 0.2) is 12.4 Å². The first kappa shape index (κ1) is 17.4. The maximum atomic E-state index is 12.8. The molecule has 2 N–H and O–H groups in total. The molecule has 0 aromatic carbocycles. The largest absolute Gasteiger partial charge is 0.378 e. The zero-order valence-electron chi connectivity index (χ0n) is 15.0. The van der Waals surface area contributed by atoms with Crippen LogP contribution in [0.5, 0.6) is 0 Å². The number of nitrogens with zero attached hydrogens (tertiary/aromatic N) is 2. The molecule has 3 rings (SSSR count). The van der Waals surface area contributed by atoms with Crippen molar-refractivity contribution in [2.45, 2.75) is 63.6 Å². The van der Waals surface area contributed by atoms with Crippen LogP contribution in [-0.2, 0) is 16.6 Å². The molecule has 1 aromatic heterocycles. The minimum absolute atomic E-state index is 0.0374. The predicted octanol–water partition coefficient (Wildman–Crippen LogP) is 1.92. The molecule has 3 unspecified atom stereocenters. The van der Waals surface area contributed by atoms with Crippen LogP contribution >= 0.6 is 0 Å². The summed E-state index contributed by atoms with van der Waals surface area (Å²) >= 11 is 0. The number of nitrogens with one attached hydrogen (secondary N) is 2. The smallest absolute Gasteiger partial charge is 0.242 e. The summed E-state index contributed by atoms with van der Waals surface area (Å²) in [6, 6.07) is -0.125. The van der Waals surface area contributed by atoms with Crippen molar-refractivity contribution in [2.24, 2.45) is 12.5 Å². The van der Waals surface area contributed by atoms with E-state index in [-0.39, 0.29) is 23.4 Å². The van der Waals surface area contributed by atoms with Crippen LogP contribution in [0.2, 0.25) is 0 Å². The van der Waals surface area contributed by atoms with Gasteiger partial charge in [0.1, 0.15) is 6.04 Å². The van der Waals surface area contributed by atoms with Crippen LogP contribution in [0.25, 0.3) is 0 Å². The number of ether oxygens (including phenoxy) is 1. The number of amides is 1. The Morgan fingerprint density at radius 1 is 1.46 bits per heavy atom. The van der Waals surface area contributed by atoms with Gasteiger partial charge in [-0.25, -0.2) is 0 Å². The molecule has 2 aliphatic rings. The molecular weight excluding hydrogens is 304 g/mol. The second kappa shape index (κ2) is 7.23. The number of rotatable bonds is 6. The Labute approximate surface area is 144 Å². The molecule has 24 heavy (non-hydrogen) atoms. The van der Waals surface area contributed by atoms with Crippen molar-refractivity contribution < 1.29 is 9.53 Å². The van der Waals surface area contributed by atoms with Crippen LogP contribution in [0.3, 0.4) is 0 Å². The molecule has 1 spiro atoms. The van der Waals surface area contributed by atoms with E-state index >= 15 is 0 Å². The van der Waals surface area contributed by atoms with E-state index in [0.29, 0.717) is 6.10 Å². The van der Waals surface area contributed by atoms with Crippen molar-refractivity contribution >= 4 is 5.91 Å². The van der Waals surface area contributed by atoms with Gasteiger partial charge in [-0.15, -0.1) is 0 Å². The summed E-state index contributed by atoms with van der Waals surface area (Å²) in [5.74, 6) is 0.0374. The Morgan fingerprint density at radius 2 is 2.21 bits per heavy atom. The van der Waals surface area contributed by atoms with Crippen LogP contribution < -0.4 is 10.6 Å². The highest BCUT2D eigenvalue weighted by atomic mass is 16.5. The molecule has 0 aliphatic heterocycles. The number of aryl methyl sites for hydroxylation is 1. The number of likely N-dealkylation sites (N-methyl/N-ethyl adjacent to an activating group) is 1. The summed E-state index contributed by atoms with van der Waals surface area (Å²) in [5.41, 5.74) is 1.05. The first-order valence-corrected chi connectivity index (χ1v) is 9.18. The quantitative estimate of drug-likeness (QED) is 0.834. The lowest BCUT2D eigenvalue weighted by atomic mass is 9.55. The lowest BCUT2D eigenvalue weighted by Crippen LogP contribution is -2.66. The van der Waals surface area contributed by atoms with Gasteiger partial charge in [0, 0.05) is 36.9 Å². The van der Waals surface area contributed by atoms with Crippen molar-refractivity contribution in [3.05, 3.63) is 18.0 Å². The third-order valence-electron chi connectivity index (χ3n) is 5.86. The van der Waals surface area contributed by atoms with Crippen LogP contribution in [0.1, 0.15) is 57.1 Å². The van der Waals surface area contributed by atoms with Gasteiger partial charge in [-0.2, -0.15) is 5.10 Å². The first-order chi connectivity index (χ1) is 11.6. The Kier molecular flexibility index (Phi) is 5.25. The van der Waals surface area contributed by atoms with Gasteiger partial charge in [-0.3, -0.25) is 9.48 Å². The third kappa shape index (κ3) is 3.09. The van der Waals surface area contributed by atoms with E-state index in [1.54, 1.807) is 10.9 Å². The monoisotopic (exact) mass is 334 g/mol. The number of aromatic nitrogens is 2. The van der Waals surface area contributed by atoms with E-state index in [0.717, 1.165) is 18.6 Å². The summed E-state index contributed by atoms with van der Waals surface area (Å²) in [7, 11) is 3.68. The fraction of sp³-hybridized carbons (Fsp3) is 0.778. The normalized spacial score (nSPS) is 26.8. The highest BCUT2D eigenvalue weighted by Gasteiger charge is 2.56. The van der Waals surface area contributed by atoms with Gasteiger partial charge in [0.2, 0.25) is 5.91 Å². The average Bonchev–Trinajstić information content (AvgIpc) is 3.01. The van der Waals surface area contributed by atoms with Crippen molar-refractivity contribution in [1.29, 1.82) is 0 Å². The Bertz CT molecular complexity index is 565. The van der Waals surface area contributed by atoms with Gasteiger partial charge in [-0.05, 0) is 33.2 Å². The van der Waals surface area contributed by atoms with Crippen LogP contribution in [0, 0.1) is 5.41 Å². The van der Waals surface area contributed by atoms with E-state index in [2.05, 4.69) is 22.7 Å². The summed E-state index contributed by atoms with van der Waals surface area (Å²) in [4.78, 5) is 12.8. The maximum absolute atomic E-state index is 12.8. The van der Waals surface area contributed by atoms with Gasteiger partial charge in [-0.1, -0.05) is 19.3 Å². The van der Waals surface area contributed by atoms with Gasteiger partial charge in [0.15, 0.2) is 0 Å². The fourth-order valence-corrected chi connectivity index (χ4v) is 4.56. The molecule has 2 aliphatic carbocycles. The second-order valence-corrected chi connectivity index (χ2v) is 7.20. The maximum Gasteiger partial charge on any atom is 0.242 e. The Balaban J connectivity index is 1.69. The van der Waals surface area contributed by atoms with E-state index in [4.69, 9.17) is 4.74 Å². The lowest BCUT2D eigenvalue weighted by Gasteiger charge is -2.57. The molecule has 1 aromatic rings. The van der Waals surface area contributed by atoms with E-state index in [1.165, 1.54) is 32.1 Å². The highest BCUT2D eigenvalue weighted by Crippen LogP contribution is 2.53. The molecule has 1 amide bonds. The topological polar surface area (TPSA) is 68.2 Å². The van der Waals surface area contributed by atoms with Gasteiger partial charge < -0.3 is 15.4 Å². The molecule has 3 atom stereocenters. The molecule has 134 valence electrons. The molecule has 1 heterocycles. The van der Waals surface area contributed by atoms with Crippen molar-refractivity contribution in [3.63, 3.8) is 0 Å². The van der Waals surface area contributed by atoms with Gasteiger partial charge in [0.25, 0.3) is 0 Å². The van der Waals surface area contributed by atoms with Gasteiger partial charge in [0.05, 0.1) is 12.3 Å². The molecule has 2 fully saturated rings. The third-order valence-corrected chi connectivity index (χ3v) is 5.86. The van der Waals surface area contributed by atoms with E-state index in [9.17, 15) is 4.79 Å². The number of hydrogen-bond acceptors (Lipinski definition) is 4. The Hall–Kier alpha value is -1.40. The summed E-state index contributed by atoms with van der Waals surface area (Å²) < 4.78 is 7.70. The molecular formula is C18H30N4O2. The van der Waals surface area contributed by atoms with Crippen molar-refractivity contribution in [1.82, 2.24) is 20.4 Å². The minimum Gasteiger partial charge on any atom is -0.378 e. The summed E-state index contributed by atoms with van der Waals surface area (Å²) in [6.45, 7) is 2.81. The lowest BCUT2D eigenvalue weighted by molar-refractivity contribution is -0.157. The van der Waals surface area contributed by atoms with Crippen LogP contribution in [-0.4, -0.2) is 41.5 Å². The predicted molar refractivity (Wildman–Crippen MR) is 92.5 cm³/mol. The molecule has 6 nitrogen and oxygen atoms in total. The van der Waals surface area contributed by atoms with Gasteiger partial charge >= 0.3 is 0 Å². The average molecular weight is 334 g/mol. The van der Waals surface area contributed by atoms with E-state index in [1.807, 2.05) is 20.3 Å². The molecule has 0 bridgehead atoms. The Morgan fingerprint density at radius 3 is 2.79 bits per heavy atom. The van der Waals surface area contributed by atoms with Crippen molar-refractivity contribution in [2.75, 3.05) is 13.7 Å². The molecule has 6 heteroatoms. The summed E-state index contributed by atoms with van der Waals surface area (Å²) in [5, 5.41) is 10.6. The molecule has 0 radical (unpaired) electrons.